The minimum absolute atomic E-state index is 0.337. The van der Waals surface area contributed by atoms with Gasteiger partial charge in [-0.15, -0.1) is 6.58 Å². The van der Waals surface area contributed by atoms with Gasteiger partial charge in [0.2, 0.25) is 6.08 Å². The van der Waals surface area contributed by atoms with Crippen LogP contribution in [0, 0.1) is 0 Å². The summed E-state index contributed by atoms with van der Waals surface area (Å²) in [5.41, 5.74) is 0. The molecular weight excluding hydrogens is 134 g/mol. The molecule has 0 bridgehead atoms. The van der Waals surface area contributed by atoms with Crippen LogP contribution in [0.5, 0.6) is 0 Å². The molecule has 0 aromatic carbocycles. The van der Waals surface area contributed by atoms with Gasteiger partial charge in [-0.25, -0.2) is 4.79 Å². The summed E-state index contributed by atoms with van der Waals surface area (Å²) in [4.78, 5) is 23.0. The van der Waals surface area contributed by atoms with E-state index in [9.17, 15) is 9.59 Å². The number of nitrogens with zero attached hydrogens (tertiary/aromatic N) is 1. The van der Waals surface area contributed by atoms with E-state index in [1.807, 2.05) is 0 Å². The van der Waals surface area contributed by atoms with E-state index in [1.165, 1.54) is 6.08 Å². The van der Waals surface area contributed by atoms with Crippen molar-refractivity contribution in [2.45, 2.75) is 6.10 Å². The van der Waals surface area contributed by atoms with Crippen LogP contribution in [-0.2, 0) is 9.59 Å². The minimum Gasteiger partial charge on any atom is -0.381 e. The molecule has 1 atom stereocenters. The second-order valence-electron chi connectivity index (χ2n) is 1.55. The van der Waals surface area contributed by atoms with Crippen molar-refractivity contribution >= 4 is 11.9 Å². The van der Waals surface area contributed by atoms with Crippen molar-refractivity contribution in [3.05, 3.63) is 12.7 Å². The van der Waals surface area contributed by atoms with Gasteiger partial charge in [-0.05, 0) is 0 Å². The summed E-state index contributed by atoms with van der Waals surface area (Å²) >= 11 is 0. The molecule has 0 radical (unpaired) electrons. The Labute approximate surface area is 57.9 Å². The molecule has 4 nitrogen and oxygen atoms in total. The molecule has 0 saturated carbocycles. The van der Waals surface area contributed by atoms with E-state index >= 15 is 0 Å². The predicted octanol–water partition coefficient (Wildman–Crippen LogP) is -0.562. The van der Waals surface area contributed by atoms with Crippen LogP contribution < -0.4 is 0 Å². The van der Waals surface area contributed by atoms with E-state index in [1.54, 1.807) is 0 Å². The van der Waals surface area contributed by atoms with Crippen LogP contribution in [0.15, 0.2) is 17.6 Å². The Bertz CT molecular complexity index is 181. The Balaban J connectivity index is 3.83. The molecule has 1 N–H and O–H groups in total. The third-order valence-corrected chi connectivity index (χ3v) is 0.853. The first kappa shape index (κ1) is 8.75. The summed E-state index contributed by atoms with van der Waals surface area (Å²) in [5, 5.41) is 8.70. The van der Waals surface area contributed by atoms with Gasteiger partial charge in [0.05, 0.1) is 0 Å². The number of rotatable bonds is 4. The fraction of sp³-hybridized carbons (Fsp3) is 0.333. The number of carbonyl (C=O) groups is 1. The number of ketones is 1. The van der Waals surface area contributed by atoms with E-state index in [2.05, 4.69) is 11.6 Å². The number of aliphatic imine (C=N–C) groups is 1. The maximum Gasteiger partial charge on any atom is 0.235 e. The van der Waals surface area contributed by atoms with Gasteiger partial charge in [0, 0.05) is 0 Å². The number of hydrogen-bond acceptors (Lipinski definition) is 4. The molecule has 0 aliphatic heterocycles. The summed E-state index contributed by atoms with van der Waals surface area (Å²) < 4.78 is 0. The van der Waals surface area contributed by atoms with Gasteiger partial charge in [-0.3, -0.25) is 4.79 Å². The lowest BCUT2D eigenvalue weighted by Crippen LogP contribution is -2.19. The van der Waals surface area contributed by atoms with Gasteiger partial charge < -0.3 is 5.11 Å². The summed E-state index contributed by atoms with van der Waals surface area (Å²) in [6.07, 6.45) is 1.03. The van der Waals surface area contributed by atoms with Crippen LogP contribution in [0.2, 0.25) is 0 Å². The fourth-order valence-electron chi connectivity index (χ4n) is 0.335. The molecule has 1 unspecified atom stereocenters. The van der Waals surface area contributed by atoms with Crippen molar-refractivity contribution < 1.29 is 14.7 Å². The summed E-state index contributed by atoms with van der Waals surface area (Å²) in [6, 6.07) is 0. The smallest absolute Gasteiger partial charge is 0.235 e. The molecular formula is C6H7NO3. The fourth-order valence-corrected chi connectivity index (χ4v) is 0.335. The molecule has 0 rings (SSSR count). The van der Waals surface area contributed by atoms with Gasteiger partial charge in [0.25, 0.3) is 0 Å². The zero-order valence-corrected chi connectivity index (χ0v) is 5.28. The molecule has 10 heavy (non-hydrogen) atoms. The molecule has 0 heterocycles. The largest absolute Gasteiger partial charge is 0.381 e. The molecule has 54 valence electrons. The Kier molecular flexibility index (Phi) is 4.04. The van der Waals surface area contributed by atoms with Crippen LogP contribution in [0.3, 0.4) is 0 Å². The molecule has 0 aliphatic carbocycles. The maximum atomic E-state index is 10.5. The highest BCUT2D eigenvalue weighted by Gasteiger charge is 2.08. The van der Waals surface area contributed by atoms with Crippen molar-refractivity contribution in [1.29, 1.82) is 0 Å². The highest BCUT2D eigenvalue weighted by molar-refractivity contribution is 5.86. The van der Waals surface area contributed by atoms with Crippen molar-refractivity contribution in [2.24, 2.45) is 4.99 Å². The molecule has 0 aliphatic rings. The normalized spacial score (nSPS) is 11.3. The second kappa shape index (κ2) is 4.61. The average molecular weight is 141 g/mol. The van der Waals surface area contributed by atoms with Gasteiger partial charge in [-0.2, -0.15) is 4.99 Å². The molecule has 0 amide bonds. The number of carbonyl (C=O) groups excluding carboxylic acids is 2. The van der Waals surface area contributed by atoms with Crippen molar-refractivity contribution in [3.8, 4) is 0 Å². The Morgan fingerprint density at radius 1 is 1.90 bits per heavy atom. The lowest BCUT2D eigenvalue weighted by molar-refractivity contribution is -0.123. The Morgan fingerprint density at radius 2 is 2.50 bits per heavy atom. The SMILES string of the molecule is C=CC(O)C(=O)CN=C=O. The standard InChI is InChI=1S/C6H7NO3/c1-2-5(9)6(10)3-7-4-8/h2,5,9H,1,3H2. The third-order valence-electron chi connectivity index (χ3n) is 0.853. The zero-order valence-electron chi connectivity index (χ0n) is 5.28. The zero-order chi connectivity index (χ0) is 7.98. The molecule has 0 fully saturated rings. The lowest BCUT2D eigenvalue weighted by atomic mass is 10.2. The molecule has 0 spiro atoms. The van der Waals surface area contributed by atoms with Crippen LogP contribution in [0.25, 0.3) is 0 Å². The number of hydrogen-bond donors (Lipinski definition) is 1. The third kappa shape index (κ3) is 2.91. The first-order valence-electron chi connectivity index (χ1n) is 2.59. The molecule has 0 saturated heterocycles. The van der Waals surface area contributed by atoms with Crippen molar-refractivity contribution in [1.82, 2.24) is 0 Å². The first-order chi connectivity index (χ1) is 4.72. The van der Waals surface area contributed by atoms with E-state index in [0.29, 0.717) is 0 Å². The topological polar surface area (TPSA) is 66.7 Å². The summed E-state index contributed by atoms with van der Waals surface area (Å²) in [7, 11) is 0. The number of isocyanates is 1. The summed E-state index contributed by atoms with van der Waals surface area (Å²) in [5.74, 6) is -0.557. The van der Waals surface area contributed by atoms with E-state index in [0.717, 1.165) is 6.08 Å². The van der Waals surface area contributed by atoms with Crippen molar-refractivity contribution in [3.63, 3.8) is 0 Å². The van der Waals surface area contributed by atoms with E-state index in [4.69, 9.17) is 5.11 Å². The quantitative estimate of drug-likeness (QED) is 0.324. The highest BCUT2D eigenvalue weighted by atomic mass is 16.3. The van der Waals surface area contributed by atoms with Crippen LogP contribution >= 0.6 is 0 Å². The van der Waals surface area contributed by atoms with Gasteiger partial charge in [-0.1, -0.05) is 6.08 Å². The molecule has 4 heteroatoms. The predicted molar refractivity (Wildman–Crippen MR) is 34.2 cm³/mol. The molecule has 0 aromatic rings. The lowest BCUT2D eigenvalue weighted by Gasteiger charge is -1.97. The minimum atomic E-state index is -1.22. The highest BCUT2D eigenvalue weighted by Crippen LogP contribution is 1.86. The number of aliphatic hydroxyl groups excluding tert-OH is 1. The second-order valence-corrected chi connectivity index (χ2v) is 1.55. The summed E-state index contributed by atoms with van der Waals surface area (Å²) in [6.45, 7) is 2.84. The van der Waals surface area contributed by atoms with Crippen LogP contribution in [0.4, 0.5) is 0 Å². The average Bonchev–Trinajstić information content (AvgIpc) is 1.98. The monoisotopic (exact) mass is 141 g/mol. The number of Topliss-reactive ketones (excluding diaryl/α,β-unsaturated/α-hetero) is 1. The van der Waals surface area contributed by atoms with Gasteiger partial charge in [0.1, 0.15) is 12.6 Å². The first-order valence-corrected chi connectivity index (χ1v) is 2.59. The van der Waals surface area contributed by atoms with Crippen LogP contribution in [-0.4, -0.2) is 29.6 Å². The number of aliphatic hydroxyl groups is 1. The molecule has 0 aromatic heterocycles. The maximum absolute atomic E-state index is 10.5. The van der Waals surface area contributed by atoms with Crippen LogP contribution in [0.1, 0.15) is 0 Å². The Hall–Kier alpha value is -1.25. The van der Waals surface area contributed by atoms with Gasteiger partial charge >= 0.3 is 0 Å². The van der Waals surface area contributed by atoms with E-state index < -0.39 is 11.9 Å². The van der Waals surface area contributed by atoms with E-state index in [-0.39, 0.29) is 6.54 Å². The Morgan fingerprint density at radius 3 is 2.90 bits per heavy atom. The van der Waals surface area contributed by atoms with Crippen molar-refractivity contribution in [2.75, 3.05) is 6.54 Å². The van der Waals surface area contributed by atoms with Gasteiger partial charge in [0.15, 0.2) is 5.78 Å².